The van der Waals surface area contributed by atoms with Crippen LogP contribution in [0, 0.1) is 11.3 Å². The van der Waals surface area contributed by atoms with Crippen molar-refractivity contribution in [3.63, 3.8) is 0 Å². The third kappa shape index (κ3) is 2.43. The molecule has 0 unspecified atom stereocenters. The molecular formula is C11H20N2O2. The summed E-state index contributed by atoms with van der Waals surface area (Å²) in [5, 5.41) is 6.20. The van der Waals surface area contributed by atoms with Gasteiger partial charge >= 0.3 is 6.09 Å². The molecule has 1 saturated heterocycles. The largest absolute Gasteiger partial charge is 0.444 e. The Morgan fingerprint density at radius 1 is 1.60 bits per heavy atom. The molecule has 1 saturated carbocycles. The highest BCUT2D eigenvalue weighted by Crippen LogP contribution is 2.54. The SMILES string of the molecule is CC(C)(C)OC(=O)NC[C@@]12CNC[C@@H]1C2. The first kappa shape index (κ1) is 10.7. The van der Waals surface area contributed by atoms with E-state index in [1.807, 2.05) is 20.8 Å². The molecule has 15 heavy (non-hydrogen) atoms. The number of fused-ring (bicyclic) bond motifs is 1. The molecule has 0 radical (unpaired) electrons. The van der Waals surface area contributed by atoms with Crippen molar-refractivity contribution >= 4 is 6.09 Å². The molecule has 2 fully saturated rings. The second kappa shape index (κ2) is 3.37. The number of hydrogen-bond acceptors (Lipinski definition) is 3. The highest BCUT2D eigenvalue weighted by Gasteiger charge is 2.56. The second-order valence-electron chi connectivity index (χ2n) is 5.75. The Morgan fingerprint density at radius 2 is 2.33 bits per heavy atom. The predicted octanol–water partition coefficient (Wildman–Crippen LogP) is 1.12. The second-order valence-corrected chi connectivity index (χ2v) is 5.75. The molecule has 0 aromatic rings. The van der Waals surface area contributed by atoms with Crippen molar-refractivity contribution in [2.24, 2.45) is 11.3 Å². The molecule has 2 aliphatic rings. The van der Waals surface area contributed by atoms with Crippen molar-refractivity contribution in [1.82, 2.24) is 10.6 Å². The molecular weight excluding hydrogens is 192 g/mol. The van der Waals surface area contributed by atoms with Crippen molar-refractivity contribution < 1.29 is 9.53 Å². The fourth-order valence-corrected chi connectivity index (χ4v) is 2.27. The predicted molar refractivity (Wildman–Crippen MR) is 57.6 cm³/mol. The molecule has 0 aromatic heterocycles. The minimum Gasteiger partial charge on any atom is -0.444 e. The number of rotatable bonds is 2. The minimum atomic E-state index is -0.404. The van der Waals surface area contributed by atoms with E-state index in [0.29, 0.717) is 5.41 Å². The Balaban J connectivity index is 1.72. The molecule has 1 aliphatic heterocycles. The van der Waals surface area contributed by atoms with Crippen molar-refractivity contribution in [1.29, 1.82) is 0 Å². The molecule has 1 amide bonds. The molecule has 86 valence electrons. The van der Waals surface area contributed by atoms with E-state index in [-0.39, 0.29) is 6.09 Å². The van der Waals surface area contributed by atoms with Crippen LogP contribution in [-0.4, -0.2) is 31.3 Å². The average molecular weight is 212 g/mol. The van der Waals surface area contributed by atoms with Gasteiger partial charge in [0.15, 0.2) is 0 Å². The zero-order valence-corrected chi connectivity index (χ0v) is 9.72. The van der Waals surface area contributed by atoms with E-state index in [4.69, 9.17) is 4.74 Å². The highest BCUT2D eigenvalue weighted by atomic mass is 16.6. The van der Waals surface area contributed by atoms with E-state index in [0.717, 1.165) is 25.6 Å². The van der Waals surface area contributed by atoms with E-state index in [1.165, 1.54) is 6.42 Å². The number of hydrogen-bond donors (Lipinski definition) is 2. The van der Waals surface area contributed by atoms with E-state index in [2.05, 4.69) is 10.6 Å². The monoisotopic (exact) mass is 212 g/mol. The zero-order valence-electron chi connectivity index (χ0n) is 9.72. The van der Waals surface area contributed by atoms with Gasteiger partial charge in [0.25, 0.3) is 0 Å². The highest BCUT2D eigenvalue weighted by molar-refractivity contribution is 5.67. The Labute approximate surface area is 90.8 Å². The minimum absolute atomic E-state index is 0.297. The van der Waals surface area contributed by atoms with E-state index < -0.39 is 5.60 Å². The van der Waals surface area contributed by atoms with Crippen molar-refractivity contribution in [2.45, 2.75) is 32.8 Å². The van der Waals surface area contributed by atoms with Gasteiger partial charge in [-0.2, -0.15) is 0 Å². The zero-order chi connectivity index (χ0) is 11.1. The van der Waals surface area contributed by atoms with Crippen LogP contribution in [0.15, 0.2) is 0 Å². The van der Waals surface area contributed by atoms with Crippen LogP contribution in [0.1, 0.15) is 27.2 Å². The van der Waals surface area contributed by atoms with Crippen LogP contribution < -0.4 is 10.6 Å². The third-order valence-electron chi connectivity index (χ3n) is 3.21. The van der Waals surface area contributed by atoms with Gasteiger partial charge in [0.05, 0.1) is 0 Å². The fourth-order valence-electron chi connectivity index (χ4n) is 2.27. The smallest absolute Gasteiger partial charge is 0.407 e. The summed E-state index contributed by atoms with van der Waals surface area (Å²) < 4.78 is 5.19. The van der Waals surface area contributed by atoms with Gasteiger partial charge in [-0.25, -0.2) is 4.79 Å². The Hall–Kier alpha value is -0.770. The Morgan fingerprint density at radius 3 is 2.80 bits per heavy atom. The summed E-state index contributed by atoms with van der Waals surface area (Å²) in [4.78, 5) is 11.4. The van der Waals surface area contributed by atoms with Crippen LogP contribution in [0.5, 0.6) is 0 Å². The average Bonchev–Trinajstić information content (AvgIpc) is 2.63. The van der Waals surface area contributed by atoms with Gasteiger partial charge in [-0.3, -0.25) is 0 Å². The van der Waals surface area contributed by atoms with Gasteiger partial charge in [-0.15, -0.1) is 0 Å². The first-order chi connectivity index (χ1) is 6.91. The van der Waals surface area contributed by atoms with Crippen LogP contribution in [0.25, 0.3) is 0 Å². The number of alkyl carbamates (subject to hydrolysis) is 1. The molecule has 0 bridgehead atoms. The van der Waals surface area contributed by atoms with Gasteiger partial charge in [-0.05, 0) is 39.7 Å². The van der Waals surface area contributed by atoms with Gasteiger partial charge in [0.1, 0.15) is 5.60 Å². The standard InChI is InChI=1S/C11H20N2O2/c1-10(2,3)15-9(14)13-7-11-4-8(11)5-12-6-11/h8,12H,4-7H2,1-3H3,(H,13,14)/t8-,11+/m0/s1. The van der Waals surface area contributed by atoms with Crippen LogP contribution in [0.2, 0.25) is 0 Å². The van der Waals surface area contributed by atoms with Crippen molar-refractivity contribution in [3.05, 3.63) is 0 Å². The van der Waals surface area contributed by atoms with Crippen LogP contribution in [0.4, 0.5) is 4.79 Å². The molecule has 4 nitrogen and oxygen atoms in total. The maximum absolute atomic E-state index is 11.4. The number of nitrogens with one attached hydrogen (secondary N) is 2. The van der Waals surface area contributed by atoms with Gasteiger partial charge in [-0.1, -0.05) is 0 Å². The Kier molecular flexibility index (Phi) is 2.41. The van der Waals surface area contributed by atoms with Crippen LogP contribution in [0.3, 0.4) is 0 Å². The van der Waals surface area contributed by atoms with Gasteiger partial charge < -0.3 is 15.4 Å². The van der Waals surface area contributed by atoms with Crippen LogP contribution >= 0.6 is 0 Å². The lowest BCUT2D eigenvalue weighted by atomic mass is 10.1. The summed E-state index contributed by atoms with van der Waals surface area (Å²) in [6, 6.07) is 0. The first-order valence-electron chi connectivity index (χ1n) is 5.59. The normalized spacial score (nSPS) is 33.4. The maximum Gasteiger partial charge on any atom is 0.407 e. The van der Waals surface area contributed by atoms with Crippen molar-refractivity contribution in [2.75, 3.05) is 19.6 Å². The maximum atomic E-state index is 11.4. The molecule has 2 atom stereocenters. The third-order valence-corrected chi connectivity index (χ3v) is 3.21. The Bertz CT molecular complexity index is 272. The van der Waals surface area contributed by atoms with Gasteiger partial charge in [0, 0.05) is 18.5 Å². The number of piperidine rings is 1. The van der Waals surface area contributed by atoms with Crippen LogP contribution in [-0.2, 0) is 4.74 Å². The molecule has 2 N–H and O–H groups in total. The van der Waals surface area contributed by atoms with Gasteiger partial charge in [0.2, 0.25) is 0 Å². The molecule has 0 aromatic carbocycles. The molecule has 4 heteroatoms. The molecule has 0 spiro atoms. The molecule has 1 aliphatic carbocycles. The van der Waals surface area contributed by atoms with E-state index in [1.54, 1.807) is 0 Å². The number of amides is 1. The number of carbonyl (C=O) groups excluding carboxylic acids is 1. The summed E-state index contributed by atoms with van der Waals surface area (Å²) in [7, 11) is 0. The summed E-state index contributed by atoms with van der Waals surface area (Å²) >= 11 is 0. The lowest BCUT2D eigenvalue weighted by Gasteiger charge is -2.21. The summed E-state index contributed by atoms with van der Waals surface area (Å²) in [6.07, 6.45) is 0.949. The number of carbonyl (C=O) groups is 1. The quantitative estimate of drug-likeness (QED) is 0.721. The summed E-state index contributed by atoms with van der Waals surface area (Å²) in [6.45, 7) is 8.52. The lowest BCUT2D eigenvalue weighted by Crippen LogP contribution is -2.37. The lowest BCUT2D eigenvalue weighted by molar-refractivity contribution is 0.0516. The van der Waals surface area contributed by atoms with E-state index >= 15 is 0 Å². The fraction of sp³-hybridized carbons (Fsp3) is 0.909. The molecule has 1 heterocycles. The summed E-state index contributed by atoms with van der Waals surface area (Å²) in [5.41, 5.74) is -0.0600. The molecule has 2 rings (SSSR count). The topological polar surface area (TPSA) is 50.4 Å². The van der Waals surface area contributed by atoms with Crippen molar-refractivity contribution in [3.8, 4) is 0 Å². The van der Waals surface area contributed by atoms with E-state index in [9.17, 15) is 4.79 Å². The first-order valence-corrected chi connectivity index (χ1v) is 5.59. The number of ether oxygens (including phenoxy) is 1. The summed E-state index contributed by atoms with van der Waals surface area (Å²) in [5.74, 6) is 0.771.